The standard InChI is InChI=1S/C33H39ClF2N6O3/c1-22(35)31(43)41-16-14-40(15-17-41)30-24-10-13-42(27-7-4-6-23-8-9-25(36)29(34)28(23)27)20-26(24)37-32(38-30)45-19-18-39(2)33(21-44-3)11-5-12-33/h4,6-9H,1,5,10-21H2,2-3H3. The molecule has 240 valence electrons. The molecule has 1 amide bonds. The van der Waals surface area contributed by atoms with Crippen molar-refractivity contribution in [3.05, 3.63) is 64.8 Å². The molecule has 3 heterocycles. The second-order valence-electron chi connectivity index (χ2n) is 12.1. The van der Waals surface area contributed by atoms with Crippen LogP contribution in [0.25, 0.3) is 10.8 Å². The SMILES string of the molecule is C=C(F)C(=O)N1CCN(c2nc(OCCN(C)C3(COC)CCC3)nc3c2CCN(c2cccc4ccc(F)c(Cl)c24)C3)CC1. The molecule has 3 aromatic rings. The number of halogens is 3. The second kappa shape index (κ2) is 13.1. The van der Waals surface area contributed by atoms with E-state index in [1.807, 2.05) is 18.2 Å². The molecular weight excluding hydrogens is 602 g/mol. The van der Waals surface area contributed by atoms with E-state index in [0.29, 0.717) is 70.8 Å². The van der Waals surface area contributed by atoms with Crippen LogP contribution in [-0.2, 0) is 22.5 Å². The topological polar surface area (TPSA) is 74.3 Å². The Kier molecular flexibility index (Phi) is 9.12. The van der Waals surface area contributed by atoms with Crippen molar-refractivity contribution in [3.63, 3.8) is 0 Å². The van der Waals surface area contributed by atoms with Crippen LogP contribution in [0.15, 0.2) is 42.7 Å². The molecule has 1 saturated carbocycles. The summed E-state index contributed by atoms with van der Waals surface area (Å²) in [7, 11) is 3.84. The molecule has 2 fully saturated rings. The van der Waals surface area contributed by atoms with E-state index in [-0.39, 0.29) is 16.6 Å². The van der Waals surface area contributed by atoms with Crippen LogP contribution in [0.5, 0.6) is 6.01 Å². The molecule has 0 radical (unpaired) electrons. The molecule has 6 rings (SSSR count). The van der Waals surface area contributed by atoms with Crippen molar-refractivity contribution < 1.29 is 23.0 Å². The highest BCUT2D eigenvalue weighted by Gasteiger charge is 2.40. The molecule has 0 unspecified atom stereocenters. The Balaban J connectivity index is 1.27. The lowest BCUT2D eigenvalue weighted by Gasteiger charge is -2.48. The van der Waals surface area contributed by atoms with Crippen molar-refractivity contribution >= 4 is 39.8 Å². The normalized spacial score (nSPS) is 17.8. The summed E-state index contributed by atoms with van der Waals surface area (Å²) in [6.07, 6.45) is 4.03. The monoisotopic (exact) mass is 640 g/mol. The van der Waals surface area contributed by atoms with Crippen LogP contribution in [0, 0.1) is 5.82 Å². The van der Waals surface area contributed by atoms with Gasteiger partial charge in [0.1, 0.15) is 18.2 Å². The number of carbonyl (C=O) groups is 1. The number of rotatable bonds is 10. The number of benzene rings is 2. The minimum atomic E-state index is -0.953. The van der Waals surface area contributed by atoms with Gasteiger partial charge in [0.05, 0.1) is 23.9 Å². The third-order valence-corrected chi connectivity index (χ3v) is 9.91. The van der Waals surface area contributed by atoms with Crippen LogP contribution in [-0.4, -0.2) is 97.9 Å². The molecular formula is C33H39ClF2N6O3. The lowest BCUT2D eigenvalue weighted by atomic mass is 9.76. The van der Waals surface area contributed by atoms with Crippen LogP contribution < -0.4 is 14.5 Å². The summed E-state index contributed by atoms with van der Waals surface area (Å²) in [5, 5.41) is 1.64. The summed E-state index contributed by atoms with van der Waals surface area (Å²) in [5.41, 5.74) is 2.72. The van der Waals surface area contributed by atoms with Crippen LogP contribution in [0.2, 0.25) is 5.02 Å². The van der Waals surface area contributed by atoms with Gasteiger partial charge in [0.2, 0.25) is 0 Å². The molecule has 1 saturated heterocycles. The summed E-state index contributed by atoms with van der Waals surface area (Å²) in [6.45, 7) is 7.76. The van der Waals surface area contributed by atoms with Gasteiger partial charge in [-0.15, -0.1) is 0 Å². The van der Waals surface area contributed by atoms with E-state index in [2.05, 4.69) is 28.3 Å². The molecule has 45 heavy (non-hydrogen) atoms. The van der Waals surface area contributed by atoms with Crippen LogP contribution in [0.4, 0.5) is 20.3 Å². The van der Waals surface area contributed by atoms with Crippen molar-refractivity contribution in [1.29, 1.82) is 0 Å². The lowest BCUT2D eigenvalue weighted by molar-refractivity contribution is -0.128. The largest absolute Gasteiger partial charge is 0.462 e. The number of nitrogens with zero attached hydrogens (tertiary/aromatic N) is 6. The smallest absolute Gasteiger partial charge is 0.318 e. The Morgan fingerprint density at radius 1 is 1.11 bits per heavy atom. The fourth-order valence-electron chi connectivity index (χ4n) is 6.77. The Bertz CT molecular complexity index is 1590. The molecule has 0 spiro atoms. The van der Waals surface area contributed by atoms with Crippen molar-refractivity contribution in [3.8, 4) is 6.01 Å². The first-order valence-electron chi connectivity index (χ1n) is 15.4. The number of fused-ring (bicyclic) bond motifs is 2. The summed E-state index contributed by atoms with van der Waals surface area (Å²) in [6, 6.07) is 9.24. The highest BCUT2D eigenvalue weighted by Crippen LogP contribution is 2.39. The first-order chi connectivity index (χ1) is 21.7. The fraction of sp³-hybridized carbons (Fsp3) is 0.485. The van der Waals surface area contributed by atoms with E-state index in [9.17, 15) is 13.6 Å². The number of amides is 1. The zero-order valence-electron chi connectivity index (χ0n) is 25.8. The van der Waals surface area contributed by atoms with Gasteiger partial charge in [-0.1, -0.05) is 36.4 Å². The fourth-order valence-corrected chi connectivity index (χ4v) is 7.04. The molecule has 9 nitrogen and oxygen atoms in total. The predicted octanol–water partition coefficient (Wildman–Crippen LogP) is 5.00. The molecule has 0 N–H and O–H groups in total. The van der Waals surface area contributed by atoms with Crippen molar-refractivity contribution in [1.82, 2.24) is 19.8 Å². The highest BCUT2D eigenvalue weighted by molar-refractivity contribution is 6.36. The summed E-state index contributed by atoms with van der Waals surface area (Å²) < 4.78 is 39.8. The van der Waals surface area contributed by atoms with Gasteiger partial charge >= 0.3 is 6.01 Å². The Hall–Kier alpha value is -3.54. The number of methoxy groups -OCH3 is 1. The molecule has 12 heteroatoms. The third kappa shape index (κ3) is 6.17. The van der Waals surface area contributed by atoms with E-state index >= 15 is 0 Å². The lowest BCUT2D eigenvalue weighted by Crippen LogP contribution is -2.56. The number of carbonyl (C=O) groups excluding carboxylic acids is 1. The van der Waals surface area contributed by atoms with E-state index in [1.165, 1.54) is 17.4 Å². The highest BCUT2D eigenvalue weighted by atomic mass is 35.5. The van der Waals surface area contributed by atoms with Crippen molar-refractivity contribution in [2.45, 2.75) is 37.8 Å². The first-order valence-corrected chi connectivity index (χ1v) is 15.8. The minimum Gasteiger partial charge on any atom is -0.462 e. The predicted molar refractivity (Wildman–Crippen MR) is 171 cm³/mol. The Morgan fingerprint density at radius 3 is 2.58 bits per heavy atom. The molecule has 0 bridgehead atoms. The Labute approximate surface area is 267 Å². The van der Waals surface area contributed by atoms with Crippen molar-refractivity contribution in [2.24, 2.45) is 0 Å². The second-order valence-corrected chi connectivity index (χ2v) is 12.5. The molecule has 2 aromatic carbocycles. The number of ether oxygens (including phenoxy) is 2. The summed E-state index contributed by atoms with van der Waals surface area (Å²) >= 11 is 6.48. The van der Waals surface area contributed by atoms with E-state index in [1.54, 1.807) is 13.2 Å². The van der Waals surface area contributed by atoms with Gasteiger partial charge in [-0.3, -0.25) is 9.69 Å². The van der Waals surface area contributed by atoms with Gasteiger partial charge in [0.15, 0.2) is 5.83 Å². The number of aromatic nitrogens is 2. The average molecular weight is 641 g/mol. The van der Waals surface area contributed by atoms with Crippen LogP contribution in [0.1, 0.15) is 30.5 Å². The van der Waals surface area contributed by atoms with E-state index in [0.717, 1.165) is 41.0 Å². The first kappa shape index (κ1) is 31.4. The Morgan fingerprint density at radius 2 is 1.89 bits per heavy atom. The molecule has 1 aromatic heterocycles. The van der Waals surface area contributed by atoms with Gasteiger partial charge in [-0.2, -0.15) is 9.97 Å². The summed E-state index contributed by atoms with van der Waals surface area (Å²) in [5.74, 6) is -1.31. The molecule has 1 aliphatic carbocycles. The van der Waals surface area contributed by atoms with E-state index in [4.69, 9.17) is 31.0 Å². The van der Waals surface area contributed by atoms with E-state index < -0.39 is 17.6 Å². The van der Waals surface area contributed by atoms with Gasteiger partial charge in [0, 0.05) is 68.6 Å². The zero-order chi connectivity index (χ0) is 31.7. The van der Waals surface area contributed by atoms with Gasteiger partial charge in [-0.05, 0) is 50.2 Å². The number of likely N-dealkylation sites (N-methyl/N-ethyl adjacent to an activating group) is 1. The van der Waals surface area contributed by atoms with Crippen molar-refractivity contribution in [2.75, 3.05) is 76.4 Å². The zero-order valence-corrected chi connectivity index (χ0v) is 26.6. The average Bonchev–Trinajstić information content (AvgIpc) is 3.03. The molecule has 2 aliphatic heterocycles. The number of piperazine rings is 1. The number of anilines is 2. The maximum absolute atomic E-state index is 14.5. The van der Waals surface area contributed by atoms with Crippen LogP contribution >= 0.6 is 11.6 Å². The van der Waals surface area contributed by atoms with Gasteiger partial charge in [0.25, 0.3) is 5.91 Å². The maximum atomic E-state index is 14.5. The third-order valence-electron chi connectivity index (χ3n) is 9.54. The van der Waals surface area contributed by atoms with Gasteiger partial charge in [-0.25, -0.2) is 8.78 Å². The summed E-state index contributed by atoms with van der Waals surface area (Å²) in [4.78, 5) is 30.0. The van der Waals surface area contributed by atoms with Crippen LogP contribution in [0.3, 0.4) is 0 Å². The maximum Gasteiger partial charge on any atom is 0.318 e. The molecule has 3 aliphatic rings. The molecule has 0 atom stereocenters. The number of hydrogen-bond acceptors (Lipinski definition) is 8. The number of hydrogen-bond donors (Lipinski definition) is 0. The van der Waals surface area contributed by atoms with Gasteiger partial charge < -0.3 is 24.2 Å². The minimum absolute atomic E-state index is 0.0434. The quantitative estimate of drug-likeness (QED) is 0.287.